The highest BCUT2D eigenvalue weighted by atomic mass is 35.5. The van der Waals surface area contributed by atoms with Gasteiger partial charge in [0.2, 0.25) is 5.91 Å². The Kier molecular flexibility index (Phi) is 3.97. The number of anilines is 1. The molecule has 1 rings (SSSR count). The lowest BCUT2D eigenvalue weighted by Gasteiger charge is -2.12. The van der Waals surface area contributed by atoms with Crippen LogP contribution in [0.25, 0.3) is 0 Å². The molecule has 0 atom stereocenters. The Balaban J connectivity index is 3.09. The van der Waals surface area contributed by atoms with Gasteiger partial charge >= 0.3 is 0 Å². The van der Waals surface area contributed by atoms with E-state index in [4.69, 9.17) is 16.3 Å². The normalized spacial score (nSPS) is 9.87. The fraction of sp³-hybridized carbons (Fsp3) is 0.364. The van der Waals surface area contributed by atoms with Gasteiger partial charge in [0.1, 0.15) is 5.75 Å². The summed E-state index contributed by atoms with van der Waals surface area (Å²) in [6.07, 6.45) is 0.424. The molecule has 15 heavy (non-hydrogen) atoms. The van der Waals surface area contributed by atoms with Crippen LogP contribution in [-0.4, -0.2) is 13.0 Å². The molecule has 0 fully saturated rings. The fourth-order valence-electron chi connectivity index (χ4n) is 1.26. The van der Waals surface area contributed by atoms with Crippen LogP contribution in [0, 0.1) is 6.92 Å². The Hall–Kier alpha value is -1.22. The van der Waals surface area contributed by atoms with Gasteiger partial charge in [-0.2, -0.15) is 0 Å². The molecule has 0 aliphatic rings. The number of benzene rings is 1. The number of carbonyl (C=O) groups excluding carboxylic acids is 1. The molecule has 0 saturated heterocycles. The van der Waals surface area contributed by atoms with Crippen LogP contribution in [0.2, 0.25) is 5.02 Å². The van der Waals surface area contributed by atoms with Crippen molar-refractivity contribution in [3.8, 4) is 5.75 Å². The molecule has 0 aromatic heterocycles. The van der Waals surface area contributed by atoms with Crippen LogP contribution in [0.5, 0.6) is 5.75 Å². The van der Waals surface area contributed by atoms with Gasteiger partial charge in [0.25, 0.3) is 0 Å². The molecule has 0 radical (unpaired) electrons. The number of carbonyl (C=O) groups is 1. The van der Waals surface area contributed by atoms with Crippen molar-refractivity contribution in [3.63, 3.8) is 0 Å². The molecule has 3 nitrogen and oxygen atoms in total. The van der Waals surface area contributed by atoms with Crippen LogP contribution in [0.15, 0.2) is 12.1 Å². The van der Waals surface area contributed by atoms with Crippen molar-refractivity contribution in [1.82, 2.24) is 0 Å². The minimum Gasteiger partial charge on any atom is -0.496 e. The first-order chi connectivity index (χ1) is 7.10. The van der Waals surface area contributed by atoms with Crippen molar-refractivity contribution in [2.75, 3.05) is 12.4 Å². The van der Waals surface area contributed by atoms with Crippen LogP contribution in [-0.2, 0) is 4.79 Å². The minimum atomic E-state index is -0.0618. The predicted octanol–water partition coefficient (Wildman–Crippen LogP) is 3.01. The molecule has 1 aromatic rings. The number of ether oxygens (including phenoxy) is 1. The van der Waals surface area contributed by atoms with E-state index in [1.54, 1.807) is 26.2 Å². The van der Waals surface area contributed by atoms with Crippen molar-refractivity contribution in [2.24, 2.45) is 0 Å². The second-order valence-electron chi connectivity index (χ2n) is 3.15. The lowest BCUT2D eigenvalue weighted by Crippen LogP contribution is -2.11. The summed E-state index contributed by atoms with van der Waals surface area (Å²) in [6.45, 7) is 3.65. The van der Waals surface area contributed by atoms with E-state index in [1.165, 1.54) is 0 Å². The van der Waals surface area contributed by atoms with Gasteiger partial charge in [0, 0.05) is 12.0 Å². The second-order valence-corrected chi connectivity index (χ2v) is 3.56. The molecule has 0 aliphatic heterocycles. The molecule has 0 heterocycles. The van der Waals surface area contributed by atoms with Crippen LogP contribution >= 0.6 is 11.6 Å². The summed E-state index contributed by atoms with van der Waals surface area (Å²) in [4.78, 5) is 11.3. The second kappa shape index (κ2) is 5.03. The smallest absolute Gasteiger partial charge is 0.224 e. The number of hydrogen-bond acceptors (Lipinski definition) is 2. The zero-order valence-electron chi connectivity index (χ0n) is 9.06. The van der Waals surface area contributed by atoms with Gasteiger partial charge in [-0.3, -0.25) is 4.79 Å². The Bertz CT molecular complexity index is 377. The summed E-state index contributed by atoms with van der Waals surface area (Å²) in [5, 5.41) is 3.28. The summed E-state index contributed by atoms with van der Waals surface area (Å²) in [6, 6.07) is 3.48. The average Bonchev–Trinajstić information content (AvgIpc) is 2.24. The van der Waals surface area contributed by atoms with Crippen LogP contribution in [0.4, 0.5) is 5.69 Å². The number of halogens is 1. The zero-order valence-corrected chi connectivity index (χ0v) is 9.81. The largest absolute Gasteiger partial charge is 0.496 e. The van der Waals surface area contributed by atoms with Gasteiger partial charge in [0.15, 0.2) is 0 Å². The zero-order chi connectivity index (χ0) is 11.4. The molecular weight excluding hydrogens is 214 g/mol. The highest BCUT2D eigenvalue weighted by Crippen LogP contribution is 2.32. The maximum Gasteiger partial charge on any atom is 0.224 e. The van der Waals surface area contributed by atoms with Gasteiger partial charge < -0.3 is 10.1 Å². The van der Waals surface area contributed by atoms with Crippen LogP contribution in [0.1, 0.15) is 18.9 Å². The number of rotatable bonds is 3. The molecule has 0 saturated carbocycles. The first-order valence-electron chi connectivity index (χ1n) is 4.73. The summed E-state index contributed by atoms with van der Waals surface area (Å²) in [7, 11) is 1.58. The van der Waals surface area contributed by atoms with Crippen molar-refractivity contribution < 1.29 is 9.53 Å². The van der Waals surface area contributed by atoms with Gasteiger partial charge in [-0.05, 0) is 19.1 Å². The van der Waals surface area contributed by atoms with Crippen molar-refractivity contribution in [1.29, 1.82) is 0 Å². The third kappa shape index (κ3) is 2.63. The highest BCUT2D eigenvalue weighted by molar-refractivity contribution is 6.34. The Morgan fingerprint density at radius 3 is 2.73 bits per heavy atom. The molecule has 1 N–H and O–H groups in total. The lowest BCUT2D eigenvalue weighted by atomic mass is 10.1. The standard InChI is InChI=1S/C11H14ClNO2/c1-4-10(14)13-11-7(2)9(15-3)6-5-8(11)12/h5-6H,4H2,1-3H3,(H,13,14). The summed E-state index contributed by atoms with van der Waals surface area (Å²) in [5.74, 6) is 0.652. The van der Waals surface area contributed by atoms with Gasteiger partial charge in [-0.1, -0.05) is 18.5 Å². The molecule has 82 valence electrons. The number of hydrogen-bond donors (Lipinski definition) is 1. The van der Waals surface area contributed by atoms with E-state index in [1.807, 2.05) is 6.92 Å². The molecule has 0 bridgehead atoms. The van der Waals surface area contributed by atoms with E-state index in [-0.39, 0.29) is 5.91 Å². The quantitative estimate of drug-likeness (QED) is 0.862. The monoisotopic (exact) mass is 227 g/mol. The maximum absolute atomic E-state index is 11.3. The van der Waals surface area contributed by atoms with Crippen molar-refractivity contribution >= 4 is 23.2 Å². The summed E-state index contributed by atoms with van der Waals surface area (Å²) in [5.41, 5.74) is 1.47. The van der Waals surface area contributed by atoms with Gasteiger partial charge in [0.05, 0.1) is 17.8 Å². The molecule has 1 amide bonds. The number of nitrogens with one attached hydrogen (secondary N) is 1. The van der Waals surface area contributed by atoms with Crippen molar-refractivity contribution in [3.05, 3.63) is 22.7 Å². The van der Waals surface area contributed by atoms with E-state index >= 15 is 0 Å². The third-order valence-corrected chi connectivity index (χ3v) is 2.48. The van der Waals surface area contributed by atoms with E-state index in [2.05, 4.69) is 5.32 Å². The SMILES string of the molecule is CCC(=O)Nc1c(Cl)ccc(OC)c1C. The van der Waals surface area contributed by atoms with E-state index in [9.17, 15) is 4.79 Å². The van der Waals surface area contributed by atoms with Crippen LogP contribution < -0.4 is 10.1 Å². The van der Waals surface area contributed by atoms with E-state index < -0.39 is 0 Å². The first kappa shape index (κ1) is 11.9. The van der Waals surface area contributed by atoms with E-state index in [0.717, 1.165) is 5.56 Å². The Morgan fingerprint density at radius 2 is 2.20 bits per heavy atom. The summed E-state index contributed by atoms with van der Waals surface area (Å²) < 4.78 is 5.15. The minimum absolute atomic E-state index is 0.0618. The lowest BCUT2D eigenvalue weighted by molar-refractivity contribution is -0.115. The molecular formula is C11H14ClNO2. The molecule has 0 spiro atoms. The third-order valence-electron chi connectivity index (χ3n) is 2.17. The number of methoxy groups -OCH3 is 1. The summed E-state index contributed by atoms with van der Waals surface area (Å²) >= 11 is 5.99. The van der Waals surface area contributed by atoms with Crippen LogP contribution in [0.3, 0.4) is 0 Å². The molecule has 4 heteroatoms. The average molecular weight is 228 g/mol. The highest BCUT2D eigenvalue weighted by Gasteiger charge is 2.10. The fourth-order valence-corrected chi connectivity index (χ4v) is 1.51. The first-order valence-corrected chi connectivity index (χ1v) is 5.10. The molecule has 0 aliphatic carbocycles. The topological polar surface area (TPSA) is 38.3 Å². The maximum atomic E-state index is 11.3. The predicted molar refractivity (Wildman–Crippen MR) is 61.7 cm³/mol. The number of amides is 1. The van der Waals surface area contributed by atoms with Gasteiger partial charge in [-0.15, -0.1) is 0 Å². The van der Waals surface area contributed by atoms with Gasteiger partial charge in [-0.25, -0.2) is 0 Å². The van der Waals surface area contributed by atoms with E-state index in [0.29, 0.717) is 22.9 Å². The Labute approximate surface area is 94.4 Å². The molecule has 1 aromatic carbocycles. The molecule has 0 unspecified atom stereocenters. The Morgan fingerprint density at radius 1 is 1.53 bits per heavy atom. The van der Waals surface area contributed by atoms with Crippen molar-refractivity contribution in [2.45, 2.75) is 20.3 Å².